The molecule has 1 heterocycles. The van der Waals surface area contributed by atoms with Gasteiger partial charge in [-0.15, -0.1) is 0 Å². The molecule has 2 unspecified atom stereocenters. The molecule has 2 atom stereocenters. The number of ether oxygens (including phenoxy) is 2. The molecule has 1 aromatic carbocycles. The summed E-state index contributed by atoms with van der Waals surface area (Å²) in [5.74, 6) is 0.219. The first-order valence-corrected chi connectivity index (χ1v) is 6.07. The standard InChI is InChI=1S/C14H18O3/c1-11(15)7-8-13-9-10-16-14(17-13)12-5-3-2-4-6-12/h2-6,13-14H,7-10H2,1H3. The molecule has 1 aliphatic heterocycles. The SMILES string of the molecule is CC(=O)CCC1CCOC(c2ccccc2)O1. The van der Waals surface area contributed by atoms with Crippen molar-refractivity contribution in [3.8, 4) is 0 Å². The lowest BCUT2D eigenvalue weighted by molar-refractivity contribution is -0.218. The van der Waals surface area contributed by atoms with Crippen LogP contribution in [-0.4, -0.2) is 18.5 Å². The van der Waals surface area contributed by atoms with Crippen LogP contribution in [0.4, 0.5) is 0 Å². The fourth-order valence-electron chi connectivity index (χ4n) is 1.95. The average Bonchev–Trinajstić information content (AvgIpc) is 2.38. The topological polar surface area (TPSA) is 35.5 Å². The minimum Gasteiger partial charge on any atom is -0.348 e. The van der Waals surface area contributed by atoms with E-state index in [4.69, 9.17) is 9.47 Å². The number of carbonyl (C=O) groups excluding carboxylic acids is 1. The lowest BCUT2D eigenvalue weighted by Crippen LogP contribution is -2.27. The van der Waals surface area contributed by atoms with Crippen LogP contribution in [0.15, 0.2) is 30.3 Å². The van der Waals surface area contributed by atoms with Crippen molar-refractivity contribution in [2.45, 2.75) is 38.6 Å². The number of ketones is 1. The predicted molar refractivity (Wildman–Crippen MR) is 64.5 cm³/mol. The molecule has 92 valence electrons. The second-order valence-corrected chi connectivity index (χ2v) is 4.40. The molecule has 0 spiro atoms. The Hall–Kier alpha value is -1.19. The highest BCUT2D eigenvalue weighted by molar-refractivity contribution is 5.75. The molecule has 0 N–H and O–H groups in total. The molecule has 0 amide bonds. The average molecular weight is 234 g/mol. The Morgan fingerprint density at radius 2 is 2.12 bits per heavy atom. The van der Waals surface area contributed by atoms with Gasteiger partial charge >= 0.3 is 0 Å². The van der Waals surface area contributed by atoms with Crippen LogP contribution in [0.25, 0.3) is 0 Å². The minimum atomic E-state index is -0.276. The lowest BCUT2D eigenvalue weighted by Gasteiger charge is -2.30. The summed E-state index contributed by atoms with van der Waals surface area (Å²) < 4.78 is 11.4. The van der Waals surface area contributed by atoms with Crippen molar-refractivity contribution in [2.24, 2.45) is 0 Å². The van der Waals surface area contributed by atoms with E-state index in [9.17, 15) is 4.79 Å². The zero-order valence-electron chi connectivity index (χ0n) is 10.1. The Morgan fingerprint density at radius 3 is 2.82 bits per heavy atom. The first kappa shape index (κ1) is 12.3. The molecule has 0 radical (unpaired) electrons. The monoisotopic (exact) mass is 234 g/mol. The summed E-state index contributed by atoms with van der Waals surface area (Å²) in [6.45, 7) is 2.32. The maximum absolute atomic E-state index is 11.0. The van der Waals surface area contributed by atoms with Crippen molar-refractivity contribution in [2.75, 3.05) is 6.61 Å². The molecule has 1 fully saturated rings. The van der Waals surface area contributed by atoms with Gasteiger partial charge in [0.1, 0.15) is 5.78 Å². The fourth-order valence-corrected chi connectivity index (χ4v) is 1.95. The first-order chi connectivity index (χ1) is 8.25. The Labute approximate surface area is 102 Å². The van der Waals surface area contributed by atoms with E-state index < -0.39 is 0 Å². The molecule has 2 rings (SSSR count). The molecule has 1 aromatic rings. The Morgan fingerprint density at radius 1 is 1.35 bits per heavy atom. The lowest BCUT2D eigenvalue weighted by atomic mass is 10.1. The van der Waals surface area contributed by atoms with Gasteiger partial charge < -0.3 is 14.3 Å². The maximum atomic E-state index is 11.0. The smallest absolute Gasteiger partial charge is 0.184 e. The molecular weight excluding hydrogens is 216 g/mol. The van der Waals surface area contributed by atoms with E-state index in [1.807, 2.05) is 30.3 Å². The third-order valence-corrected chi connectivity index (χ3v) is 2.92. The molecular formula is C14H18O3. The second kappa shape index (κ2) is 5.94. The van der Waals surface area contributed by atoms with Crippen LogP contribution < -0.4 is 0 Å². The highest BCUT2D eigenvalue weighted by atomic mass is 16.7. The maximum Gasteiger partial charge on any atom is 0.184 e. The normalized spacial score (nSPS) is 24.5. The van der Waals surface area contributed by atoms with Crippen molar-refractivity contribution in [3.63, 3.8) is 0 Å². The Balaban J connectivity index is 1.91. The molecule has 0 bridgehead atoms. The zero-order chi connectivity index (χ0) is 12.1. The van der Waals surface area contributed by atoms with E-state index in [1.165, 1.54) is 0 Å². The van der Waals surface area contributed by atoms with Crippen LogP contribution in [0.3, 0.4) is 0 Å². The van der Waals surface area contributed by atoms with Gasteiger partial charge in [0.25, 0.3) is 0 Å². The van der Waals surface area contributed by atoms with Crippen LogP contribution in [0.1, 0.15) is 38.0 Å². The van der Waals surface area contributed by atoms with Gasteiger partial charge in [-0.3, -0.25) is 0 Å². The van der Waals surface area contributed by atoms with Crippen LogP contribution >= 0.6 is 0 Å². The van der Waals surface area contributed by atoms with Gasteiger partial charge in [-0.2, -0.15) is 0 Å². The summed E-state index contributed by atoms with van der Waals surface area (Å²) in [4.78, 5) is 11.0. The summed E-state index contributed by atoms with van der Waals surface area (Å²) in [6, 6.07) is 9.91. The predicted octanol–water partition coefficient (Wildman–Crippen LogP) is 2.86. The number of rotatable bonds is 4. The summed E-state index contributed by atoms with van der Waals surface area (Å²) in [7, 11) is 0. The van der Waals surface area contributed by atoms with Gasteiger partial charge in [0.15, 0.2) is 6.29 Å². The fraction of sp³-hybridized carbons (Fsp3) is 0.500. The quantitative estimate of drug-likeness (QED) is 0.803. The molecule has 1 aliphatic rings. The molecule has 3 nitrogen and oxygen atoms in total. The Kier molecular flexibility index (Phi) is 4.29. The number of hydrogen-bond acceptors (Lipinski definition) is 3. The third kappa shape index (κ3) is 3.65. The zero-order valence-corrected chi connectivity index (χ0v) is 10.1. The first-order valence-electron chi connectivity index (χ1n) is 6.07. The van der Waals surface area contributed by atoms with Crippen molar-refractivity contribution < 1.29 is 14.3 Å². The summed E-state index contributed by atoms with van der Waals surface area (Å²) >= 11 is 0. The number of carbonyl (C=O) groups is 1. The van der Waals surface area contributed by atoms with Gasteiger partial charge in [0.05, 0.1) is 12.7 Å². The molecule has 1 saturated heterocycles. The van der Waals surface area contributed by atoms with Gasteiger partial charge in [-0.05, 0) is 19.8 Å². The third-order valence-electron chi connectivity index (χ3n) is 2.92. The largest absolute Gasteiger partial charge is 0.348 e. The van der Waals surface area contributed by atoms with Crippen LogP contribution in [0.5, 0.6) is 0 Å². The van der Waals surface area contributed by atoms with E-state index >= 15 is 0 Å². The van der Waals surface area contributed by atoms with Crippen molar-refractivity contribution >= 4 is 5.78 Å². The van der Waals surface area contributed by atoms with Gasteiger partial charge in [0, 0.05) is 12.0 Å². The van der Waals surface area contributed by atoms with Gasteiger partial charge in [-0.1, -0.05) is 30.3 Å². The molecule has 0 aromatic heterocycles. The number of benzene rings is 1. The highest BCUT2D eigenvalue weighted by Gasteiger charge is 2.24. The minimum absolute atomic E-state index is 0.137. The van der Waals surface area contributed by atoms with Crippen molar-refractivity contribution in [1.29, 1.82) is 0 Å². The summed E-state index contributed by atoms with van der Waals surface area (Å²) in [6.07, 6.45) is 2.12. The Bertz CT molecular complexity index is 361. The second-order valence-electron chi connectivity index (χ2n) is 4.40. The summed E-state index contributed by atoms with van der Waals surface area (Å²) in [5.41, 5.74) is 1.04. The number of Topliss-reactive ketones (excluding diaryl/α,β-unsaturated/α-hetero) is 1. The molecule has 0 saturated carbocycles. The molecule has 3 heteroatoms. The summed E-state index contributed by atoms with van der Waals surface area (Å²) in [5, 5.41) is 0. The highest BCUT2D eigenvalue weighted by Crippen LogP contribution is 2.27. The van der Waals surface area contributed by atoms with E-state index in [0.717, 1.165) is 18.4 Å². The van der Waals surface area contributed by atoms with Crippen LogP contribution in [0.2, 0.25) is 0 Å². The van der Waals surface area contributed by atoms with Gasteiger partial charge in [-0.25, -0.2) is 0 Å². The van der Waals surface area contributed by atoms with Crippen LogP contribution in [-0.2, 0) is 14.3 Å². The molecule has 0 aliphatic carbocycles. The van der Waals surface area contributed by atoms with Crippen molar-refractivity contribution in [1.82, 2.24) is 0 Å². The van der Waals surface area contributed by atoms with E-state index in [2.05, 4.69) is 0 Å². The van der Waals surface area contributed by atoms with Gasteiger partial charge in [0.2, 0.25) is 0 Å². The van der Waals surface area contributed by atoms with E-state index in [0.29, 0.717) is 13.0 Å². The molecule has 17 heavy (non-hydrogen) atoms. The number of hydrogen-bond donors (Lipinski definition) is 0. The van der Waals surface area contributed by atoms with E-state index in [1.54, 1.807) is 6.92 Å². The van der Waals surface area contributed by atoms with Crippen LogP contribution in [0, 0.1) is 0 Å². The van der Waals surface area contributed by atoms with Crippen molar-refractivity contribution in [3.05, 3.63) is 35.9 Å². The van der Waals surface area contributed by atoms with E-state index in [-0.39, 0.29) is 18.2 Å².